The average molecular weight is 262 g/mol. The number of aliphatic imine (C=N–C) groups is 1. The van der Waals surface area contributed by atoms with E-state index in [0.717, 1.165) is 6.07 Å². The Balaban J connectivity index is 2.49. The molecule has 1 aromatic carbocycles. The van der Waals surface area contributed by atoms with Crippen molar-refractivity contribution >= 4 is 21.8 Å². The third-order valence-electron chi connectivity index (χ3n) is 1.85. The Hall–Kier alpha value is -0.970. The zero-order chi connectivity index (χ0) is 10.1. The molecule has 0 fully saturated rings. The average Bonchev–Trinajstić information content (AvgIpc) is 2.67. The van der Waals surface area contributed by atoms with Gasteiger partial charge in [0, 0.05) is 0 Å². The maximum atomic E-state index is 13.1. The van der Waals surface area contributed by atoms with Crippen molar-refractivity contribution in [3.05, 3.63) is 33.8 Å². The van der Waals surface area contributed by atoms with Crippen LogP contribution >= 0.6 is 15.9 Å². The lowest BCUT2D eigenvalue weighted by Crippen LogP contribution is -2.04. The van der Waals surface area contributed by atoms with Crippen LogP contribution in [-0.4, -0.2) is 19.0 Å². The highest BCUT2D eigenvalue weighted by molar-refractivity contribution is 9.10. The summed E-state index contributed by atoms with van der Waals surface area (Å²) in [5.41, 5.74) is 0.446. The van der Waals surface area contributed by atoms with Crippen LogP contribution in [0.3, 0.4) is 0 Å². The van der Waals surface area contributed by atoms with E-state index < -0.39 is 11.6 Å². The highest BCUT2D eigenvalue weighted by Gasteiger charge is 2.18. The molecule has 14 heavy (non-hydrogen) atoms. The summed E-state index contributed by atoms with van der Waals surface area (Å²) in [6, 6.07) is 2.49. The van der Waals surface area contributed by atoms with Gasteiger partial charge in [-0.05, 0) is 28.1 Å². The molecular formula is C9H6BrF2NO. The quantitative estimate of drug-likeness (QED) is 0.712. The number of nitrogens with zero attached hydrogens (tertiary/aromatic N) is 1. The summed E-state index contributed by atoms with van der Waals surface area (Å²) in [6.45, 7) is 1.04. The number of rotatable bonds is 1. The minimum Gasteiger partial charge on any atom is -0.475 e. The van der Waals surface area contributed by atoms with E-state index in [-0.39, 0.29) is 4.47 Å². The van der Waals surface area contributed by atoms with Crippen molar-refractivity contribution in [3.8, 4) is 0 Å². The topological polar surface area (TPSA) is 21.6 Å². The first kappa shape index (κ1) is 9.58. The summed E-state index contributed by atoms with van der Waals surface area (Å²) < 4.78 is 31.1. The van der Waals surface area contributed by atoms with E-state index in [4.69, 9.17) is 4.74 Å². The first-order chi connectivity index (χ1) is 6.70. The van der Waals surface area contributed by atoms with Gasteiger partial charge in [-0.3, -0.25) is 0 Å². The smallest absolute Gasteiger partial charge is 0.217 e. The molecular weight excluding hydrogens is 256 g/mol. The molecule has 0 bridgehead atoms. The van der Waals surface area contributed by atoms with Crippen LogP contribution < -0.4 is 0 Å². The molecule has 1 aliphatic heterocycles. The summed E-state index contributed by atoms with van der Waals surface area (Å²) in [4.78, 5) is 4.01. The molecule has 0 spiro atoms. The summed E-state index contributed by atoms with van der Waals surface area (Å²) in [5, 5.41) is 0. The van der Waals surface area contributed by atoms with Crippen LogP contribution in [-0.2, 0) is 4.74 Å². The lowest BCUT2D eigenvalue weighted by atomic mass is 10.2. The Morgan fingerprint density at radius 3 is 2.79 bits per heavy atom. The Bertz CT molecular complexity index is 406. The van der Waals surface area contributed by atoms with Crippen LogP contribution in [0, 0.1) is 11.6 Å². The van der Waals surface area contributed by atoms with E-state index in [9.17, 15) is 8.78 Å². The van der Waals surface area contributed by atoms with Crippen LogP contribution in [0.15, 0.2) is 21.6 Å². The molecule has 1 heterocycles. The maximum Gasteiger partial charge on any atom is 0.217 e. The van der Waals surface area contributed by atoms with E-state index in [2.05, 4.69) is 20.9 Å². The van der Waals surface area contributed by atoms with Crippen molar-refractivity contribution < 1.29 is 13.5 Å². The molecule has 0 amide bonds. The van der Waals surface area contributed by atoms with Gasteiger partial charge >= 0.3 is 0 Å². The predicted molar refractivity (Wildman–Crippen MR) is 51.4 cm³/mol. The molecule has 2 rings (SSSR count). The van der Waals surface area contributed by atoms with Gasteiger partial charge in [0.25, 0.3) is 0 Å². The van der Waals surface area contributed by atoms with E-state index in [1.165, 1.54) is 6.07 Å². The van der Waals surface area contributed by atoms with E-state index in [1.54, 1.807) is 0 Å². The third-order valence-corrected chi connectivity index (χ3v) is 2.63. The molecule has 0 aromatic heterocycles. The van der Waals surface area contributed by atoms with Crippen molar-refractivity contribution in [3.63, 3.8) is 0 Å². The predicted octanol–water partition coefficient (Wildman–Crippen LogP) is 2.50. The first-order valence-electron chi connectivity index (χ1n) is 4.01. The number of ether oxygens (including phenoxy) is 1. The fourth-order valence-electron chi connectivity index (χ4n) is 1.19. The molecule has 2 nitrogen and oxygen atoms in total. The number of benzene rings is 1. The fourth-order valence-corrected chi connectivity index (χ4v) is 1.68. The molecule has 0 saturated carbocycles. The molecule has 0 unspecified atom stereocenters. The van der Waals surface area contributed by atoms with Gasteiger partial charge in [-0.1, -0.05) is 0 Å². The second kappa shape index (κ2) is 3.65. The molecule has 0 atom stereocenters. The highest BCUT2D eigenvalue weighted by Crippen LogP contribution is 2.24. The second-order valence-corrected chi connectivity index (χ2v) is 3.55. The Kier molecular flexibility index (Phi) is 2.50. The van der Waals surface area contributed by atoms with Gasteiger partial charge in [0.15, 0.2) is 11.6 Å². The van der Waals surface area contributed by atoms with Gasteiger partial charge in [-0.2, -0.15) is 0 Å². The van der Waals surface area contributed by atoms with Gasteiger partial charge in [-0.15, -0.1) is 0 Å². The monoisotopic (exact) mass is 261 g/mol. The molecule has 1 aromatic rings. The maximum absolute atomic E-state index is 13.1. The van der Waals surface area contributed by atoms with Crippen LogP contribution in [0.5, 0.6) is 0 Å². The molecule has 5 heteroatoms. The molecule has 0 saturated heterocycles. The fraction of sp³-hybridized carbons (Fsp3) is 0.222. The van der Waals surface area contributed by atoms with E-state index >= 15 is 0 Å². The van der Waals surface area contributed by atoms with Gasteiger partial charge in [0.1, 0.15) is 6.61 Å². The van der Waals surface area contributed by atoms with Crippen LogP contribution in [0.25, 0.3) is 0 Å². The van der Waals surface area contributed by atoms with Gasteiger partial charge in [-0.25, -0.2) is 13.8 Å². The first-order valence-corrected chi connectivity index (χ1v) is 4.80. The lowest BCUT2D eigenvalue weighted by Gasteiger charge is -2.05. The number of hydrogen-bond donors (Lipinski definition) is 0. The minimum atomic E-state index is -0.916. The second-order valence-electron chi connectivity index (χ2n) is 2.76. The minimum absolute atomic E-state index is 0.0538. The zero-order valence-corrected chi connectivity index (χ0v) is 8.64. The van der Waals surface area contributed by atoms with Gasteiger partial charge in [0.05, 0.1) is 16.6 Å². The summed E-state index contributed by atoms with van der Waals surface area (Å²) in [5.74, 6) is -1.45. The SMILES string of the molecule is Fc1ccc(C2=NCCO2)c(Br)c1F. The molecule has 1 aliphatic rings. The molecule has 0 radical (unpaired) electrons. The largest absolute Gasteiger partial charge is 0.475 e. The Labute approximate surface area is 87.7 Å². The van der Waals surface area contributed by atoms with Crippen molar-refractivity contribution in [2.24, 2.45) is 4.99 Å². The third kappa shape index (κ3) is 1.52. The molecule has 74 valence electrons. The van der Waals surface area contributed by atoms with E-state index in [1.807, 2.05) is 0 Å². The standard InChI is InChI=1S/C9H6BrF2NO/c10-7-5(9-13-3-4-14-9)1-2-6(11)8(7)12/h1-2H,3-4H2. The van der Waals surface area contributed by atoms with Crippen LogP contribution in [0.2, 0.25) is 0 Å². The lowest BCUT2D eigenvalue weighted by molar-refractivity contribution is 0.348. The Morgan fingerprint density at radius 2 is 2.14 bits per heavy atom. The molecule has 0 N–H and O–H groups in total. The van der Waals surface area contributed by atoms with Crippen LogP contribution in [0.1, 0.15) is 5.56 Å². The normalized spacial score (nSPS) is 15.2. The molecule has 0 aliphatic carbocycles. The summed E-state index contributed by atoms with van der Waals surface area (Å²) in [6.07, 6.45) is 0. The van der Waals surface area contributed by atoms with Crippen molar-refractivity contribution in [1.82, 2.24) is 0 Å². The van der Waals surface area contributed by atoms with Gasteiger partial charge in [0.2, 0.25) is 5.90 Å². The zero-order valence-electron chi connectivity index (χ0n) is 7.06. The van der Waals surface area contributed by atoms with Gasteiger partial charge < -0.3 is 4.74 Å². The summed E-state index contributed by atoms with van der Waals surface area (Å²) in [7, 11) is 0. The number of hydrogen-bond acceptors (Lipinski definition) is 2. The van der Waals surface area contributed by atoms with Crippen molar-refractivity contribution in [1.29, 1.82) is 0 Å². The summed E-state index contributed by atoms with van der Waals surface area (Å²) >= 11 is 2.97. The Morgan fingerprint density at radius 1 is 1.36 bits per heavy atom. The highest BCUT2D eigenvalue weighted by atomic mass is 79.9. The van der Waals surface area contributed by atoms with Crippen LogP contribution in [0.4, 0.5) is 8.78 Å². The van der Waals surface area contributed by atoms with E-state index in [0.29, 0.717) is 24.6 Å². The van der Waals surface area contributed by atoms with Crippen molar-refractivity contribution in [2.75, 3.05) is 13.2 Å². The van der Waals surface area contributed by atoms with Crippen molar-refractivity contribution in [2.45, 2.75) is 0 Å². The number of halogens is 3.